The second-order valence-electron chi connectivity index (χ2n) is 6.16. The number of amides is 2. The van der Waals surface area contributed by atoms with Crippen molar-refractivity contribution in [2.45, 2.75) is 64.1 Å². The summed E-state index contributed by atoms with van der Waals surface area (Å²) in [7, 11) is 0. The number of hydrogen-bond acceptors (Lipinski definition) is 4. The third-order valence-corrected chi connectivity index (χ3v) is 4.03. The van der Waals surface area contributed by atoms with Gasteiger partial charge in [-0.1, -0.05) is 0 Å². The molecule has 1 N–H and O–H groups in total. The van der Waals surface area contributed by atoms with Crippen LogP contribution < -0.4 is 0 Å². The van der Waals surface area contributed by atoms with Crippen molar-refractivity contribution in [1.82, 2.24) is 9.96 Å². The van der Waals surface area contributed by atoms with Gasteiger partial charge in [-0.3, -0.25) is 14.5 Å². The summed E-state index contributed by atoms with van der Waals surface area (Å²) in [4.78, 5) is 24.9. The minimum absolute atomic E-state index is 0.112. The lowest BCUT2D eigenvalue weighted by Gasteiger charge is -2.37. The number of likely N-dealkylation sites (tertiary alicyclic amines) is 1. The van der Waals surface area contributed by atoms with Crippen LogP contribution in [-0.4, -0.2) is 44.1 Å². The van der Waals surface area contributed by atoms with Crippen LogP contribution in [-0.2, 0) is 9.59 Å². The van der Waals surface area contributed by atoms with Gasteiger partial charge >= 0.3 is 0 Å². The second-order valence-corrected chi connectivity index (χ2v) is 6.16. The van der Waals surface area contributed by atoms with Gasteiger partial charge in [0.15, 0.2) is 0 Å². The Bertz CT molecular complexity index is 360. The highest BCUT2D eigenvalue weighted by molar-refractivity contribution is 6.02. The quantitative estimate of drug-likeness (QED) is 0.699. The van der Waals surface area contributed by atoms with Crippen molar-refractivity contribution in [3.63, 3.8) is 0 Å². The standard InChI is InChI=1S/C12H20N2O3/c1-11(2)7-8(12(3,4)14(11)17)13-9(15)5-6-10(13)16/h8,17H,5-7H2,1-4H3. The topological polar surface area (TPSA) is 60.9 Å². The van der Waals surface area contributed by atoms with Crippen molar-refractivity contribution in [1.29, 1.82) is 0 Å². The second kappa shape index (κ2) is 3.53. The molecule has 0 aromatic carbocycles. The highest BCUT2D eigenvalue weighted by atomic mass is 16.5. The first-order valence-corrected chi connectivity index (χ1v) is 6.02. The zero-order valence-electron chi connectivity index (χ0n) is 10.9. The molecule has 5 nitrogen and oxygen atoms in total. The van der Waals surface area contributed by atoms with E-state index in [-0.39, 0.29) is 17.9 Å². The molecule has 2 rings (SSSR count). The van der Waals surface area contributed by atoms with Crippen molar-refractivity contribution < 1.29 is 14.8 Å². The first-order valence-electron chi connectivity index (χ1n) is 6.02. The Morgan fingerprint density at radius 2 is 1.59 bits per heavy atom. The van der Waals surface area contributed by atoms with Gasteiger partial charge in [-0.25, -0.2) is 0 Å². The van der Waals surface area contributed by atoms with E-state index in [1.807, 2.05) is 27.7 Å². The highest BCUT2D eigenvalue weighted by Gasteiger charge is 2.56. The van der Waals surface area contributed by atoms with Crippen molar-refractivity contribution in [2.24, 2.45) is 0 Å². The van der Waals surface area contributed by atoms with Crippen LogP contribution in [0.1, 0.15) is 47.0 Å². The van der Waals surface area contributed by atoms with E-state index in [2.05, 4.69) is 0 Å². The van der Waals surface area contributed by atoms with Crippen LogP contribution in [0.15, 0.2) is 0 Å². The number of carbonyl (C=O) groups is 2. The van der Waals surface area contributed by atoms with Gasteiger partial charge in [-0.15, -0.1) is 0 Å². The number of hydrogen-bond donors (Lipinski definition) is 1. The molecule has 0 aliphatic carbocycles. The highest BCUT2D eigenvalue weighted by Crippen LogP contribution is 2.42. The summed E-state index contributed by atoms with van der Waals surface area (Å²) in [6, 6.07) is -0.245. The van der Waals surface area contributed by atoms with E-state index in [0.717, 1.165) is 0 Å². The molecule has 96 valence electrons. The van der Waals surface area contributed by atoms with Crippen LogP contribution in [0.3, 0.4) is 0 Å². The molecule has 2 heterocycles. The van der Waals surface area contributed by atoms with Crippen LogP contribution in [0, 0.1) is 0 Å². The van der Waals surface area contributed by atoms with Crippen LogP contribution in [0.2, 0.25) is 0 Å². The third-order valence-electron chi connectivity index (χ3n) is 4.03. The summed E-state index contributed by atoms with van der Waals surface area (Å²) < 4.78 is 0. The number of imide groups is 1. The lowest BCUT2D eigenvalue weighted by Crippen LogP contribution is -2.54. The SMILES string of the molecule is CC1(C)CC(N2C(=O)CCC2=O)C(C)(C)N1O. The zero-order valence-corrected chi connectivity index (χ0v) is 10.9. The van der Waals surface area contributed by atoms with Gasteiger partial charge in [0.1, 0.15) is 0 Å². The van der Waals surface area contributed by atoms with E-state index in [0.29, 0.717) is 19.3 Å². The molecule has 0 aromatic rings. The molecule has 0 spiro atoms. The minimum Gasteiger partial charge on any atom is -0.313 e. The molecule has 1 atom stereocenters. The van der Waals surface area contributed by atoms with E-state index < -0.39 is 11.1 Å². The maximum Gasteiger partial charge on any atom is 0.230 e. The average molecular weight is 240 g/mol. The molecule has 2 aliphatic rings. The molecule has 2 fully saturated rings. The van der Waals surface area contributed by atoms with Crippen LogP contribution in [0.5, 0.6) is 0 Å². The molecule has 2 amide bonds. The zero-order chi connectivity index (χ0) is 13.0. The minimum atomic E-state index is -0.598. The van der Waals surface area contributed by atoms with Crippen LogP contribution >= 0.6 is 0 Å². The molecule has 17 heavy (non-hydrogen) atoms. The first-order chi connectivity index (χ1) is 7.68. The van der Waals surface area contributed by atoms with Gasteiger partial charge < -0.3 is 5.21 Å². The Morgan fingerprint density at radius 3 is 1.94 bits per heavy atom. The number of nitrogens with zero attached hydrogens (tertiary/aromatic N) is 2. The number of carbonyl (C=O) groups excluding carboxylic acids is 2. The van der Waals surface area contributed by atoms with Crippen LogP contribution in [0.4, 0.5) is 0 Å². The summed E-state index contributed by atoms with van der Waals surface area (Å²) in [6.45, 7) is 7.57. The van der Waals surface area contributed by atoms with Gasteiger partial charge in [-0.05, 0) is 34.1 Å². The van der Waals surface area contributed by atoms with Gasteiger partial charge in [0.2, 0.25) is 11.8 Å². The maximum atomic E-state index is 11.8. The van der Waals surface area contributed by atoms with Gasteiger partial charge in [0, 0.05) is 18.4 Å². The van der Waals surface area contributed by atoms with Gasteiger partial charge in [0.05, 0.1) is 11.6 Å². The van der Waals surface area contributed by atoms with Crippen LogP contribution in [0.25, 0.3) is 0 Å². The average Bonchev–Trinajstić information content (AvgIpc) is 2.60. The Balaban J connectivity index is 2.34. The number of rotatable bonds is 1. The molecule has 0 radical (unpaired) electrons. The fourth-order valence-corrected chi connectivity index (χ4v) is 3.08. The van der Waals surface area contributed by atoms with Gasteiger partial charge in [0.25, 0.3) is 0 Å². The fraction of sp³-hybridized carbons (Fsp3) is 0.833. The largest absolute Gasteiger partial charge is 0.313 e. The lowest BCUT2D eigenvalue weighted by atomic mass is 9.93. The molecule has 0 aromatic heterocycles. The summed E-state index contributed by atoms with van der Waals surface area (Å²) in [6.07, 6.45) is 1.21. The summed E-state index contributed by atoms with van der Waals surface area (Å²) in [5.41, 5.74) is -1.02. The Hall–Kier alpha value is -0.940. The van der Waals surface area contributed by atoms with E-state index in [9.17, 15) is 14.8 Å². The molecule has 0 saturated carbocycles. The molecule has 0 bridgehead atoms. The molecule has 2 aliphatic heterocycles. The van der Waals surface area contributed by atoms with E-state index in [1.54, 1.807) is 0 Å². The summed E-state index contributed by atoms with van der Waals surface area (Å²) >= 11 is 0. The smallest absolute Gasteiger partial charge is 0.230 e. The Morgan fingerprint density at radius 1 is 1.12 bits per heavy atom. The monoisotopic (exact) mass is 240 g/mol. The predicted molar refractivity (Wildman–Crippen MR) is 61.3 cm³/mol. The lowest BCUT2D eigenvalue weighted by molar-refractivity contribution is -0.198. The molecule has 5 heteroatoms. The molecular weight excluding hydrogens is 220 g/mol. The van der Waals surface area contributed by atoms with Gasteiger partial charge in [-0.2, -0.15) is 5.06 Å². The van der Waals surface area contributed by atoms with E-state index >= 15 is 0 Å². The van der Waals surface area contributed by atoms with Crippen molar-refractivity contribution in [3.05, 3.63) is 0 Å². The summed E-state index contributed by atoms with van der Waals surface area (Å²) in [5, 5.41) is 11.5. The van der Waals surface area contributed by atoms with E-state index in [1.165, 1.54) is 9.96 Å². The number of hydroxylamine groups is 2. The fourth-order valence-electron chi connectivity index (χ4n) is 3.08. The predicted octanol–water partition coefficient (Wildman–Crippen LogP) is 1.16. The van der Waals surface area contributed by atoms with Crippen molar-refractivity contribution in [2.75, 3.05) is 0 Å². The third kappa shape index (κ3) is 1.68. The molecular formula is C12H20N2O3. The molecule has 1 unspecified atom stereocenters. The molecule has 2 saturated heterocycles. The maximum absolute atomic E-state index is 11.8. The Labute approximate surface area is 101 Å². The van der Waals surface area contributed by atoms with Crippen molar-refractivity contribution in [3.8, 4) is 0 Å². The van der Waals surface area contributed by atoms with Crippen molar-refractivity contribution >= 4 is 11.8 Å². The normalized spacial score (nSPS) is 32.5. The van der Waals surface area contributed by atoms with E-state index in [4.69, 9.17) is 0 Å². The Kier molecular flexibility index (Phi) is 2.60. The first kappa shape index (κ1) is 12.5. The summed E-state index contributed by atoms with van der Waals surface area (Å²) in [5.74, 6) is -0.224.